The molecular formula is C21H36IN5S. The maximum atomic E-state index is 4.35. The van der Waals surface area contributed by atoms with Gasteiger partial charge in [-0.15, -0.1) is 24.0 Å². The number of nitrogens with one attached hydrogen (secondary N) is 2. The van der Waals surface area contributed by atoms with E-state index < -0.39 is 0 Å². The molecule has 0 amide bonds. The lowest BCUT2D eigenvalue weighted by atomic mass is 10.2. The van der Waals surface area contributed by atoms with Gasteiger partial charge in [0.05, 0.1) is 0 Å². The number of rotatable bonds is 7. The van der Waals surface area contributed by atoms with E-state index in [4.69, 9.17) is 0 Å². The summed E-state index contributed by atoms with van der Waals surface area (Å²) in [6.45, 7) is 9.89. The molecular weight excluding hydrogens is 481 g/mol. The molecule has 0 saturated carbocycles. The van der Waals surface area contributed by atoms with Gasteiger partial charge in [-0.25, -0.2) is 0 Å². The van der Waals surface area contributed by atoms with Crippen LogP contribution < -0.4 is 15.5 Å². The molecule has 1 unspecified atom stereocenters. The van der Waals surface area contributed by atoms with Crippen LogP contribution in [0.3, 0.4) is 0 Å². The van der Waals surface area contributed by atoms with Crippen molar-refractivity contribution in [2.75, 3.05) is 63.5 Å². The van der Waals surface area contributed by atoms with Crippen LogP contribution in [0.1, 0.15) is 24.8 Å². The van der Waals surface area contributed by atoms with Crippen LogP contribution in [-0.2, 0) is 0 Å². The van der Waals surface area contributed by atoms with Crippen LogP contribution in [0.25, 0.3) is 0 Å². The molecule has 5 nitrogen and oxygen atoms in total. The SMILES string of the molecule is CN=C(NCCCN1CCN(c2cccc(C)c2)CC1)NCC1CCCS1.I. The first-order valence-corrected chi connectivity index (χ1v) is 11.4. The lowest BCUT2D eigenvalue weighted by molar-refractivity contribution is 0.255. The van der Waals surface area contributed by atoms with Crippen molar-refractivity contribution in [3.05, 3.63) is 29.8 Å². The number of guanidine groups is 1. The van der Waals surface area contributed by atoms with Gasteiger partial charge in [0.15, 0.2) is 5.96 Å². The highest BCUT2D eigenvalue weighted by Crippen LogP contribution is 2.25. The van der Waals surface area contributed by atoms with E-state index in [1.165, 1.54) is 29.8 Å². The molecule has 1 aromatic carbocycles. The highest BCUT2D eigenvalue weighted by Gasteiger charge is 2.17. The predicted molar refractivity (Wildman–Crippen MR) is 135 cm³/mol. The monoisotopic (exact) mass is 517 g/mol. The van der Waals surface area contributed by atoms with E-state index in [0.717, 1.165) is 63.4 Å². The molecule has 2 saturated heterocycles. The molecule has 2 N–H and O–H groups in total. The molecule has 7 heteroatoms. The fourth-order valence-corrected chi connectivity index (χ4v) is 5.00. The Kier molecular flexibility index (Phi) is 10.8. The number of hydrogen-bond acceptors (Lipinski definition) is 4. The fourth-order valence-electron chi connectivity index (χ4n) is 3.80. The van der Waals surface area contributed by atoms with Gasteiger partial charge in [-0.05, 0) is 56.2 Å². The van der Waals surface area contributed by atoms with Crippen molar-refractivity contribution >= 4 is 47.4 Å². The van der Waals surface area contributed by atoms with Crippen molar-refractivity contribution in [3.8, 4) is 0 Å². The normalized spacial score (nSPS) is 20.7. The molecule has 3 rings (SSSR count). The zero-order valence-electron chi connectivity index (χ0n) is 17.3. The van der Waals surface area contributed by atoms with Gasteiger partial charge in [0, 0.05) is 57.3 Å². The van der Waals surface area contributed by atoms with Gasteiger partial charge in [0.2, 0.25) is 0 Å². The standard InChI is InChI=1S/C21H35N5S.HI/c1-18-6-3-7-19(16-18)26-13-11-25(12-14-26)10-5-9-23-21(22-2)24-17-20-8-4-15-27-20;/h3,6-7,16,20H,4-5,8-15,17H2,1-2H3,(H2,22,23,24);1H. The Morgan fingerprint density at radius 3 is 2.71 bits per heavy atom. The van der Waals surface area contributed by atoms with E-state index in [1.807, 2.05) is 7.05 Å². The van der Waals surface area contributed by atoms with E-state index in [1.54, 1.807) is 0 Å². The Labute approximate surface area is 192 Å². The Morgan fingerprint density at radius 1 is 1.21 bits per heavy atom. The fraction of sp³-hybridized carbons (Fsp3) is 0.667. The van der Waals surface area contributed by atoms with Gasteiger partial charge in [0.25, 0.3) is 0 Å². The third-order valence-corrected chi connectivity index (χ3v) is 6.83. The van der Waals surface area contributed by atoms with Gasteiger partial charge in [-0.1, -0.05) is 12.1 Å². The summed E-state index contributed by atoms with van der Waals surface area (Å²) in [6, 6.07) is 8.86. The Hall–Kier alpha value is -0.670. The Morgan fingerprint density at radius 2 is 2.04 bits per heavy atom. The second kappa shape index (κ2) is 12.8. The number of hydrogen-bond donors (Lipinski definition) is 2. The van der Waals surface area contributed by atoms with Gasteiger partial charge >= 0.3 is 0 Å². The van der Waals surface area contributed by atoms with Crippen LogP contribution in [0.15, 0.2) is 29.3 Å². The smallest absolute Gasteiger partial charge is 0.191 e. The second-order valence-corrected chi connectivity index (χ2v) is 8.94. The molecule has 0 bridgehead atoms. The first kappa shape index (κ1) is 23.6. The highest BCUT2D eigenvalue weighted by atomic mass is 127. The van der Waals surface area contributed by atoms with Gasteiger partial charge in [-0.3, -0.25) is 9.89 Å². The molecule has 2 aliphatic heterocycles. The average Bonchev–Trinajstić information content (AvgIpc) is 3.21. The van der Waals surface area contributed by atoms with Gasteiger partial charge in [-0.2, -0.15) is 11.8 Å². The lowest BCUT2D eigenvalue weighted by Gasteiger charge is -2.36. The van der Waals surface area contributed by atoms with E-state index in [-0.39, 0.29) is 24.0 Å². The number of piperazine rings is 1. The summed E-state index contributed by atoms with van der Waals surface area (Å²) in [7, 11) is 1.86. The third-order valence-electron chi connectivity index (χ3n) is 5.43. The van der Waals surface area contributed by atoms with Crippen molar-refractivity contribution in [2.24, 2.45) is 4.99 Å². The molecule has 1 atom stereocenters. The van der Waals surface area contributed by atoms with E-state index in [2.05, 4.69) is 68.4 Å². The lowest BCUT2D eigenvalue weighted by Crippen LogP contribution is -2.47. The van der Waals surface area contributed by atoms with Gasteiger partial charge in [0.1, 0.15) is 0 Å². The molecule has 28 heavy (non-hydrogen) atoms. The predicted octanol–water partition coefficient (Wildman–Crippen LogP) is 3.19. The largest absolute Gasteiger partial charge is 0.369 e. The summed E-state index contributed by atoms with van der Waals surface area (Å²) in [5, 5.41) is 7.70. The summed E-state index contributed by atoms with van der Waals surface area (Å²) in [5.41, 5.74) is 2.71. The quantitative estimate of drug-likeness (QED) is 0.252. The zero-order valence-corrected chi connectivity index (χ0v) is 20.5. The number of anilines is 1. The summed E-state index contributed by atoms with van der Waals surface area (Å²) in [4.78, 5) is 9.44. The minimum atomic E-state index is 0. The highest BCUT2D eigenvalue weighted by molar-refractivity contribution is 14.0. The molecule has 1 aromatic rings. The average molecular weight is 518 g/mol. The first-order chi connectivity index (χ1) is 13.2. The molecule has 0 radical (unpaired) electrons. The molecule has 2 fully saturated rings. The van der Waals surface area contributed by atoms with Crippen molar-refractivity contribution in [2.45, 2.75) is 31.4 Å². The van der Waals surface area contributed by atoms with Crippen LogP contribution in [0.5, 0.6) is 0 Å². The molecule has 0 aliphatic carbocycles. The topological polar surface area (TPSA) is 42.9 Å². The van der Waals surface area contributed by atoms with E-state index in [9.17, 15) is 0 Å². The van der Waals surface area contributed by atoms with Crippen LogP contribution in [-0.4, -0.2) is 74.7 Å². The van der Waals surface area contributed by atoms with Crippen LogP contribution in [0.4, 0.5) is 5.69 Å². The second-order valence-electron chi connectivity index (χ2n) is 7.54. The molecule has 158 valence electrons. The number of thioether (sulfide) groups is 1. The minimum absolute atomic E-state index is 0. The molecule has 0 spiro atoms. The van der Waals surface area contributed by atoms with Crippen molar-refractivity contribution in [3.63, 3.8) is 0 Å². The minimum Gasteiger partial charge on any atom is -0.369 e. The van der Waals surface area contributed by atoms with E-state index in [0.29, 0.717) is 0 Å². The molecule has 2 heterocycles. The summed E-state index contributed by atoms with van der Waals surface area (Å²) < 4.78 is 0. The molecule has 2 aliphatic rings. The van der Waals surface area contributed by atoms with Crippen molar-refractivity contribution in [1.82, 2.24) is 15.5 Å². The number of benzene rings is 1. The van der Waals surface area contributed by atoms with Crippen LogP contribution in [0.2, 0.25) is 0 Å². The van der Waals surface area contributed by atoms with Crippen molar-refractivity contribution < 1.29 is 0 Å². The van der Waals surface area contributed by atoms with Crippen LogP contribution in [0, 0.1) is 6.92 Å². The van der Waals surface area contributed by atoms with Gasteiger partial charge < -0.3 is 15.5 Å². The number of nitrogens with zero attached hydrogens (tertiary/aromatic N) is 3. The third kappa shape index (κ3) is 7.63. The number of aryl methyl sites for hydroxylation is 1. The maximum Gasteiger partial charge on any atom is 0.191 e. The summed E-state index contributed by atoms with van der Waals surface area (Å²) in [6.07, 6.45) is 3.85. The Bertz CT molecular complexity index is 598. The van der Waals surface area contributed by atoms with E-state index >= 15 is 0 Å². The molecule has 0 aromatic heterocycles. The van der Waals surface area contributed by atoms with Crippen molar-refractivity contribution in [1.29, 1.82) is 0 Å². The number of halogens is 1. The number of aliphatic imine (C=N–C) groups is 1. The maximum absolute atomic E-state index is 4.35. The zero-order chi connectivity index (χ0) is 18.9. The first-order valence-electron chi connectivity index (χ1n) is 10.3. The van der Waals surface area contributed by atoms with Crippen LogP contribution >= 0.6 is 35.7 Å². The summed E-state index contributed by atoms with van der Waals surface area (Å²) >= 11 is 2.09. The Balaban J connectivity index is 0.00000280. The summed E-state index contributed by atoms with van der Waals surface area (Å²) in [5.74, 6) is 2.27.